The van der Waals surface area contributed by atoms with Gasteiger partial charge in [0, 0.05) is 5.75 Å². The summed E-state index contributed by atoms with van der Waals surface area (Å²) in [6.45, 7) is 1.44. The number of carbonyl (C=O) groups excluding carboxylic acids is 3. The highest BCUT2D eigenvalue weighted by Gasteiger charge is 2.29. The van der Waals surface area contributed by atoms with Crippen molar-refractivity contribution in [1.29, 1.82) is 0 Å². The fourth-order valence-electron chi connectivity index (χ4n) is 2.24. The fraction of sp³-hybridized carbons (Fsp3) is 0.714. The van der Waals surface area contributed by atoms with Crippen molar-refractivity contribution < 1.29 is 29.4 Å². The number of carbonyl (C=O) groups is 4. The number of carboxylic acids is 1. The van der Waals surface area contributed by atoms with E-state index in [0.29, 0.717) is 13.0 Å². The van der Waals surface area contributed by atoms with E-state index in [1.165, 1.54) is 6.92 Å². The topological polar surface area (TPSA) is 157 Å². The molecule has 4 unspecified atom stereocenters. The summed E-state index contributed by atoms with van der Waals surface area (Å²) in [6, 6.07) is -3.85. The smallest absolute Gasteiger partial charge is 0.327 e. The maximum Gasteiger partial charge on any atom is 0.327 e. The molecule has 1 heterocycles. The normalized spacial score (nSPS) is 20.2. The molecule has 1 fully saturated rings. The average molecular weight is 376 g/mol. The predicted molar refractivity (Wildman–Crippen MR) is 91.1 cm³/mol. The molecule has 25 heavy (non-hydrogen) atoms. The molecule has 1 aliphatic heterocycles. The number of thiol groups is 1. The zero-order valence-corrected chi connectivity index (χ0v) is 14.7. The third-order valence-corrected chi connectivity index (χ3v) is 4.11. The molecule has 3 amide bonds. The Hall–Kier alpha value is -1.85. The summed E-state index contributed by atoms with van der Waals surface area (Å²) >= 11 is 3.83. The van der Waals surface area contributed by atoms with Crippen molar-refractivity contribution in [3.05, 3.63) is 0 Å². The minimum atomic E-state index is -1.24. The van der Waals surface area contributed by atoms with Crippen LogP contribution >= 0.6 is 12.6 Å². The molecule has 0 aromatic heterocycles. The zero-order chi connectivity index (χ0) is 19.0. The number of aliphatic hydroxyl groups is 1. The number of rotatable bonds is 9. The maximum atomic E-state index is 12.1. The minimum Gasteiger partial charge on any atom is -0.480 e. The summed E-state index contributed by atoms with van der Waals surface area (Å²) in [5, 5.41) is 28.1. The van der Waals surface area contributed by atoms with Crippen LogP contribution in [0.2, 0.25) is 0 Å². The summed E-state index contributed by atoms with van der Waals surface area (Å²) in [4.78, 5) is 46.9. The van der Waals surface area contributed by atoms with Crippen LogP contribution in [0, 0.1) is 0 Å². The van der Waals surface area contributed by atoms with Gasteiger partial charge in [-0.1, -0.05) is 0 Å². The summed E-state index contributed by atoms with van der Waals surface area (Å²) < 4.78 is 0. The second-order valence-corrected chi connectivity index (χ2v) is 6.07. The standard InChI is InChI=1S/C14H24N4O6S/c1-7(11(20)18-10(6-25)14(23)24)16-13(22)9(5-19)17-12(21)8-3-2-4-15-8/h7-10,15,19,25H,2-6H2,1H3,(H,16,22)(H,17,21)(H,18,20)(H,23,24). The van der Waals surface area contributed by atoms with Crippen molar-refractivity contribution in [2.45, 2.75) is 43.9 Å². The Morgan fingerprint density at radius 1 is 1.16 bits per heavy atom. The number of nitrogens with one attached hydrogen (secondary N) is 4. The van der Waals surface area contributed by atoms with Crippen molar-refractivity contribution in [3.8, 4) is 0 Å². The van der Waals surface area contributed by atoms with Crippen LogP contribution in [-0.4, -0.2) is 77.0 Å². The lowest BCUT2D eigenvalue weighted by Crippen LogP contribution is -2.57. The first kappa shape index (κ1) is 21.2. The molecular weight excluding hydrogens is 352 g/mol. The minimum absolute atomic E-state index is 0.106. The Kier molecular flexibility index (Phi) is 8.66. The van der Waals surface area contributed by atoms with Crippen LogP contribution in [0.25, 0.3) is 0 Å². The number of hydrogen-bond donors (Lipinski definition) is 7. The number of aliphatic carboxylic acids is 1. The highest BCUT2D eigenvalue weighted by atomic mass is 32.1. The molecule has 11 heteroatoms. The molecule has 1 aliphatic rings. The molecule has 0 bridgehead atoms. The van der Waals surface area contributed by atoms with Crippen molar-refractivity contribution in [1.82, 2.24) is 21.3 Å². The van der Waals surface area contributed by atoms with Crippen molar-refractivity contribution >= 4 is 36.3 Å². The first-order valence-corrected chi connectivity index (χ1v) is 8.52. The van der Waals surface area contributed by atoms with E-state index in [9.17, 15) is 24.3 Å². The van der Waals surface area contributed by atoms with Gasteiger partial charge >= 0.3 is 5.97 Å². The van der Waals surface area contributed by atoms with Gasteiger partial charge in [-0.25, -0.2) is 4.79 Å². The van der Waals surface area contributed by atoms with Crippen LogP contribution < -0.4 is 21.3 Å². The first-order chi connectivity index (χ1) is 11.8. The second-order valence-electron chi connectivity index (χ2n) is 5.70. The van der Waals surface area contributed by atoms with Crippen molar-refractivity contribution in [3.63, 3.8) is 0 Å². The Morgan fingerprint density at radius 2 is 1.84 bits per heavy atom. The lowest BCUT2D eigenvalue weighted by atomic mass is 10.2. The van der Waals surface area contributed by atoms with E-state index in [1.807, 2.05) is 0 Å². The van der Waals surface area contributed by atoms with Crippen LogP contribution in [0.1, 0.15) is 19.8 Å². The number of aliphatic hydroxyl groups excluding tert-OH is 1. The van der Waals surface area contributed by atoms with Crippen LogP contribution in [0.5, 0.6) is 0 Å². The fourth-order valence-corrected chi connectivity index (χ4v) is 2.48. The van der Waals surface area contributed by atoms with Gasteiger partial charge in [0.2, 0.25) is 17.7 Å². The largest absolute Gasteiger partial charge is 0.480 e. The van der Waals surface area contributed by atoms with Gasteiger partial charge in [-0.15, -0.1) is 0 Å². The third-order valence-electron chi connectivity index (χ3n) is 3.74. The van der Waals surface area contributed by atoms with E-state index in [1.54, 1.807) is 0 Å². The van der Waals surface area contributed by atoms with E-state index in [4.69, 9.17) is 5.11 Å². The zero-order valence-electron chi connectivity index (χ0n) is 13.8. The highest BCUT2D eigenvalue weighted by molar-refractivity contribution is 7.80. The van der Waals surface area contributed by atoms with E-state index in [-0.39, 0.29) is 5.75 Å². The lowest BCUT2D eigenvalue weighted by molar-refractivity contribution is -0.141. The summed E-state index contributed by atoms with van der Waals surface area (Å²) in [5.41, 5.74) is 0. The molecule has 0 aromatic rings. The molecule has 0 aliphatic carbocycles. The van der Waals surface area contributed by atoms with Gasteiger partial charge in [-0.2, -0.15) is 12.6 Å². The SMILES string of the molecule is CC(NC(=O)C(CO)NC(=O)C1CCCN1)C(=O)NC(CS)C(=O)O. The van der Waals surface area contributed by atoms with Crippen molar-refractivity contribution in [2.24, 2.45) is 0 Å². The van der Waals surface area contributed by atoms with Gasteiger partial charge < -0.3 is 31.5 Å². The highest BCUT2D eigenvalue weighted by Crippen LogP contribution is 2.05. The Balaban J connectivity index is 2.54. The van der Waals surface area contributed by atoms with Crippen LogP contribution in [0.3, 0.4) is 0 Å². The molecule has 0 radical (unpaired) electrons. The summed E-state index contributed by atoms with van der Waals surface area (Å²) in [6.07, 6.45) is 1.49. The molecule has 6 N–H and O–H groups in total. The van der Waals surface area contributed by atoms with Crippen LogP contribution in [-0.2, 0) is 19.2 Å². The monoisotopic (exact) mass is 376 g/mol. The van der Waals surface area contributed by atoms with Crippen molar-refractivity contribution in [2.75, 3.05) is 18.9 Å². The molecule has 0 saturated carbocycles. The molecule has 1 rings (SSSR count). The lowest BCUT2D eigenvalue weighted by Gasteiger charge is -2.22. The molecule has 0 spiro atoms. The maximum absolute atomic E-state index is 12.1. The third kappa shape index (κ3) is 6.52. The first-order valence-electron chi connectivity index (χ1n) is 7.89. The molecule has 4 atom stereocenters. The summed E-state index contributed by atoms with van der Waals surface area (Å²) in [5.74, 6) is -3.20. The van der Waals surface area contributed by atoms with Gasteiger partial charge in [0.15, 0.2) is 0 Å². The van der Waals surface area contributed by atoms with Gasteiger partial charge in [-0.3, -0.25) is 14.4 Å². The van der Waals surface area contributed by atoms with Crippen LogP contribution in [0.15, 0.2) is 0 Å². The predicted octanol–water partition coefficient (Wildman–Crippen LogP) is -2.78. The van der Waals surface area contributed by atoms with E-state index in [0.717, 1.165) is 6.42 Å². The summed E-state index contributed by atoms with van der Waals surface area (Å²) in [7, 11) is 0. The van der Waals surface area contributed by atoms with Gasteiger partial charge in [0.1, 0.15) is 18.1 Å². The van der Waals surface area contributed by atoms with Gasteiger partial charge in [0.05, 0.1) is 12.6 Å². The van der Waals surface area contributed by atoms with E-state index >= 15 is 0 Å². The van der Waals surface area contributed by atoms with E-state index < -0.39 is 54.5 Å². The number of amides is 3. The van der Waals surface area contributed by atoms with Crippen LogP contribution in [0.4, 0.5) is 0 Å². The molecule has 0 aromatic carbocycles. The molecule has 1 saturated heterocycles. The number of hydrogen-bond acceptors (Lipinski definition) is 7. The Morgan fingerprint density at radius 3 is 2.32 bits per heavy atom. The molecule has 10 nitrogen and oxygen atoms in total. The molecular formula is C14H24N4O6S. The van der Waals surface area contributed by atoms with Gasteiger partial charge in [0.25, 0.3) is 0 Å². The molecule has 142 valence electrons. The van der Waals surface area contributed by atoms with Gasteiger partial charge in [-0.05, 0) is 26.3 Å². The Labute approximate surface area is 150 Å². The average Bonchev–Trinajstić information content (AvgIpc) is 3.11. The second kappa shape index (κ2) is 10.2. The quantitative estimate of drug-likeness (QED) is 0.215. The Bertz CT molecular complexity index is 512. The number of carboxylic acid groups (broad SMARTS) is 1. The van der Waals surface area contributed by atoms with E-state index in [2.05, 4.69) is 33.9 Å².